The van der Waals surface area contributed by atoms with E-state index in [0.29, 0.717) is 5.56 Å². The molecule has 1 aromatic carbocycles. The molecule has 0 aliphatic heterocycles. The zero-order valence-electron chi connectivity index (χ0n) is 10.9. The lowest BCUT2D eigenvalue weighted by molar-refractivity contribution is 0.623. The molecule has 5 heteroatoms. The average molecular weight is 319 g/mol. The van der Waals surface area contributed by atoms with Crippen LogP contribution in [0.4, 0.5) is 0 Å². The fraction of sp³-hybridized carbons (Fsp3) is 0.286. The van der Waals surface area contributed by atoms with Crippen LogP contribution in [-0.2, 0) is 20.1 Å². The minimum Gasteiger partial charge on any atom is -0.307 e. The lowest BCUT2D eigenvalue weighted by Crippen LogP contribution is -2.15. The highest BCUT2D eigenvalue weighted by atomic mass is 79.9. The highest BCUT2D eigenvalue weighted by molar-refractivity contribution is 9.10. The molecule has 1 heterocycles. The molecule has 0 saturated carbocycles. The first kappa shape index (κ1) is 13.8. The number of aryl methyl sites for hydroxylation is 2. The molecule has 0 saturated heterocycles. The van der Waals surface area contributed by atoms with E-state index >= 15 is 0 Å². The van der Waals surface area contributed by atoms with E-state index in [0.717, 1.165) is 34.5 Å². The Morgan fingerprint density at radius 1 is 1.42 bits per heavy atom. The molecule has 0 bridgehead atoms. The van der Waals surface area contributed by atoms with Crippen LogP contribution < -0.4 is 5.32 Å². The summed E-state index contributed by atoms with van der Waals surface area (Å²) in [6.45, 7) is 3.44. The Labute approximate surface area is 121 Å². The zero-order chi connectivity index (χ0) is 13.8. The monoisotopic (exact) mass is 318 g/mol. The third-order valence-corrected chi connectivity index (χ3v) is 3.97. The average Bonchev–Trinajstić information content (AvgIpc) is 2.65. The fourth-order valence-corrected chi connectivity index (χ4v) is 2.42. The minimum absolute atomic E-state index is 0.692. The van der Waals surface area contributed by atoms with Crippen molar-refractivity contribution in [3.8, 4) is 6.07 Å². The molecule has 98 valence electrons. The number of nitriles is 1. The van der Waals surface area contributed by atoms with Gasteiger partial charge < -0.3 is 5.32 Å². The zero-order valence-corrected chi connectivity index (χ0v) is 12.5. The van der Waals surface area contributed by atoms with Crippen molar-refractivity contribution in [3.05, 3.63) is 51.3 Å². The quantitative estimate of drug-likeness (QED) is 0.942. The fourth-order valence-electron chi connectivity index (χ4n) is 1.95. The second kappa shape index (κ2) is 6.00. The summed E-state index contributed by atoms with van der Waals surface area (Å²) in [5.41, 5.74) is 3.91. The van der Waals surface area contributed by atoms with Gasteiger partial charge in [-0.2, -0.15) is 10.4 Å². The second-order valence-corrected chi connectivity index (χ2v) is 5.18. The molecule has 4 nitrogen and oxygen atoms in total. The summed E-state index contributed by atoms with van der Waals surface area (Å²) < 4.78 is 2.92. The molecule has 0 aliphatic rings. The van der Waals surface area contributed by atoms with Gasteiger partial charge in [0.05, 0.1) is 27.5 Å². The molecule has 19 heavy (non-hydrogen) atoms. The molecule has 0 unspecified atom stereocenters. The van der Waals surface area contributed by atoms with Crippen LogP contribution >= 0.6 is 15.9 Å². The van der Waals surface area contributed by atoms with Gasteiger partial charge in [0.15, 0.2) is 0 Å². The van der Waals surface area contributed by atoms with Crippen molar-refractivity contribution in [1.29, 1.82) is 5.26 Å². The van der Waals surface area contributed by atoms with Crippen LogP contribution in [0.15, 0.2) is 28.7 Å². The molecule has 0 fully saturated rings. The summed E-state index contributed by atoms with van der Waals surface area (Å²) in [5, 5.41) is 16.6. The molecular weight excluding hydrogens is 304 g/mol. The third-order valence-electron chi connectivity index (χ3n) is 2.94. The van der Waals surface area contributed by atoms with Crippen LogP contribution in [0.25, 0.3) is 0 Å². The van der Waals surface area contributed by atoms with Gasteiger partial charge in [-0.05, 0) is 40.5 Å². The number of hydrogen-bond donors (Lipinski definition) is 1. The molecule has 1 aromatic heterocycles. The highest BCUT2D eigenvalue weighted by Crippen LogP contribution is 2.19. The largest absolute Gasteiger partial charge is 0.307 e. The maximum Gasteiger partial charge on any atom is 0.0991 e. The Kier molecular flexibility index (Phi) is 4.35. The van der Waals surface area contributed by atoms with Gasteiger partial charge >= 0.3 is 0 Å². The number of nitrogens with zero attached hydrogens (tertiary/aromatic N) is 3. The standard InChI is InChI=1S/C14H15BrN4/c1-10-14(15)13(19(2)18-10)9-17-8-12-5-3-4-11(6-12)7-16/h3-6,17H,8-9H2,1-2H3. The SMILES string of the molecule is Cc1nn(C)c(CNCc2cccc(C#N)c2)c1Br. The number of halogens is 1. The summed E-state index contributed by atoms with van der Waals surface area (Å²) in [6, 6.07) is 9.77. The van der Waals surface area contributed by atoms with E-state index < -0.39 is 0 Å². The van der Waals surface area contributed by atoms with Crippen molar-refractivity contribution < 1.29 is 0 Å². The Morgan fingerprint density at radius 3 is 2.84 bits per heavy atom. The lowest BCUT2D eigenvalue weighted by atomic mass is 10.1. The number of nitrogens with one attached hydrogen (secondary N) is 1. The van der Waals surface area contributed by atoms with Crippen molar-refractivity contribution >= 4 is 15.9 Å². The van der Waals surface area contributed by atoms with Gasteiger partial charge in [-0.1, -0.05) is 12.1 Å². The maximum atomic E-state index is 8.85. The van der Waals surface area contributed by atoms with Gasteiger partial charge in [0.25, 0.3) is 0 Å². The van der Waals surface area contributed by atoms with E-state index in [1.807, 2.05) is 42.9 Å². The van der Waals surface area contributed by atoms with E-state index in [1.54, 1.807) is 0 Å². The van der Waals surface area contributed by atoms with E-state index in [-0.39, 0.29) is 0 Å². The lowest BCUT2D eigenvalue weighted by Gasteiger charge is -2.06. The molecule has 1 N–H and O–H groups in total. The van der Waals surface area contributed by atoms with Gasteiger partial charge in [-0.3, -0.25) is 4.68 Å². The van der Waals surface area contributed by atoms with Crippen molar-refractivity contribution in [3.63, 3.8) is 0 Å². The van der Waals surface area contributed by atoms with E-state index in [4.69, 9.17) is 5.26 Å². The van der Waals surface area contributed by atoms with Crippen LogP contribution in [0.2, 0.25) is 0 Å². The normalized spacial score (nSPS) is 10.4. The summed E-state index contributed by atoms with van der Waals surface area (Å²) in [7, 11) is 1.94. The van der Waals surface area contributed by atoms with E-state index in [9.17, 15) is 0 Å². The van der Waals surface area contributed by atoms with Crippen LogP contribution in [0.3, 0.4) is 0 Å². The summed E-state index contributed by atoms with van der Waals surface area (Å²) in [5.74, 6) is 0. The van der Waals surface area contributed by atoms with Gasteiger partial charge in [0, 0.05) is 20.1 Å². The van der Waals surface area contributed by atoms with Crippen LogP contribution in [0.5, 0.6) is 0 Å². The predicted molar refractivity (Wildman–Crippen MR) is 77.3 cm³/mol. The molecule has 0 atom stereocenters. The molecular formula is C14H15BrN4. The van der Waals surface area contributed by atoms with Gasteiger partial charge in [0.2, 0.25) is 0 Å². The first-order valence-electron chi connectivity index (χ1n) is 5.99. The maximum absolute atomic E-state index is 8.85. The smallest absolute Gasteiger partial charge is 0.0991 e. The number of aromatic nitrogens is 2. The number of benzene rings is 1. The van der Waals surface area contributed by atoms with E-state index in [2.05, 4.69) is 32.4 Å². The van der Waals surface area contributed by atoms with E-state index in [1.165, 1.54) is 0 Å². The topological polar surface area (TPSA) is 53.6 Å². The molecule has 0 radical (unpaired) electrons. The summed E-state index contributed by atoms with van der Waals surface area (Å²) in [4.78, 5) is 0. The van der Waals surface area contributed by atoms with Crippen LogP contribution in [-0.4, -0.2) is 9.78 Å². The van der Waals surface area contributed by atoms with Gasteiger partial charge in [-0.15, -0.1) is 0 Å². The van der Waals surface area contributed by atoms with Crippen molar-refractivity contribution in [2.45, 2.75) is 20.0 Å². The number of rotatable bonds is 4. The Hall–Kier alpha value is -1.64. The van der Waals surface area contributed by atoms with Crippen molar-refractivity contribution in [2.75, 3.05) is 0 Å². The van der Waals surface area contributed by atoms with Crippen molar-refractivity contribution in [1.82, 2.24) is 15.1 Å². The van der Waals surface area contributed by atoms with Gasteiger partial charge in [-0.25, -0.2) is 0 Å². The Balaban J connectivity index is 1.98. The molecule has 2 rings (SSSR count). The van der Waals surface area contributed by atoms with Gasteiger partial charge in [0.1, 0.15) is 0 Å². The molecule has 0 spiro atoms. The first-order chi connectivity index (χ1) is 9.11. The third kappa shape index (κ3) is 3.22. The minimum atomic E-state index is 0.692. The first-order valence-corrected chi connectivity index (χ1v) is 6.79. The van der Waals surface area contributed by atoms with Crippen molar-refractivity contribution in [2.24, 2.45) is 7.05 Å². The predicted octanol–water partition coefficient (Wildman–Crippen LogP) is 2.65. The Morgan fingerprint density at radius 2 is 2.21 bits per heavy atom. The molecule has 0 aliphatic carbocycles. The molecule has 0 amide bonds. The number of hydrogen-bond acceptors (Lipinski definition) is 3. The summed E-state index contributed by atoms with van der Waals surface area (Å²) in [6.07, 6.45) is 0. The van der Waals surface area contributed by atoms with Crippen LogP contribution in [0.1, 0.15) is 22.5 Å². The summed E-state index contributed by atoms with van der Waals surface area (Å²) >= 11 is 3.54. The van der Waals surface area contributed by atoms with Crippen LogP contribution in [0, 0.1) is 18.3 Å². The second-order valence-electron chi connectivity index (χ2n) is 4.39. The highest BCUT2D eigenvalue weighted by Gasteiger charge is 2.09. The Bertz CT molecular complexity index is 625. The molecule has 2 aromatic rings.